The van der Waals surface area contributed by atoms with E-state index in [1.807, 2.05) is 37.8 Å². The highest BCUT2D eigenvalue weighted by molar-refractivity contribution is 5.96. The molecule has 2 aromatic carbocycles. The van der Waals surface area contributed by atoms with Gasteiger partial charge in [0.2, 0.25) is 0 Å². The number of rotatable bonds is 4. The first kappa shape index (κ1) is 21.2. The SMILES string of the molecule is CC1(C)[C@]2(C)CC[C@]1(C(=O)N1CCN(C(c3ccccc3)c3ccccc3)CC1)OC2=O. The van der Waals surface area contributed by atoms with Crippen LogP contribution in [0.15, 0.2) is 60.7 Å². The summed E-state index contributed by atoms with van der Waals surface area (Å²) in [6, 6.07) is 21.3. The van der Waals surface area contributed by atoms with Gasteiger partial charge in [-0.25, -0.2) is 0 Å². The summed E-state index contributed by atoms with van der Waals surface area (Å²) in [6.45, 7) is 8.85. The van der Waals surface area contributed by atoms with Crippen molar-refractivity contribution in [2.45, 2.75) is 45.3 Å². The molecule has 168 valence electrons. The zero-order valence-electron chi connectivity index (χ0n) is 19.2. The molecule has 2 aromatic rings. The largest absolute Gasteiger partial charge is 0.448 e. The molecule has 0 unspecified atom stereocenters. The van der Waals surface area contributed by atoms with Crippen molar-refractivity contribution < 1.29 is 14.3 Å². The summed E-state index contributed by atoms with van der Waals surface area (Å²) in [5.41, 5.74) is 0.432. The van der Waals surface area contributed by atoms with Crippen molar-refractivity contribution in [1.82, 2.24) is 9.80 Å². The normalized spacial score (nSPS) is 29.4. The molecule has 5 rings (SSSR count). The number of esters is 1. The summed E-state index contributed by atoms with van der Waals surface area (Å²) in [4.78, 5) is 30.7. The van der Waals surface area contributed by atoms with Crippen LogP contribution in [0.1, 0.15) is 50.8 Å². The molecule has 2 saturated heterocycles. The lowest BCUT2D eigenvalue weighted by atomic mass is 9.66. The molecule has 0 spiro atoms. The highest BCUT2D eigenvalue weighted by Gasteiger charge is 2.76. The van der Waals surface area contributed by atoms with Crippen LogP contribution in [0.3, 0.4) is 0 Å². The van der Waals surface area contributed by atoms with Crippen LogP contribution in [0.25, 0.3) is 0 Å². The average Bonchev–Trinajstić information content (AvgIpc) is 3.11. The standard InChI is InChI=1S/C27H32N2O3/c1-25(2)26(3)14-15-27(25,32-24(26)31)23(30)29-18-16-28(17-19-29)22(20-10-6-4-7-11-20)21-12-8-5-9-13-21/h4-13,22H,14-19H2,1-3H3/t26-,27-/m1/s1. The van der Waals surface area contributed by atoms with Gasteiger partial charge in [0.15, 0.2) is 5.60 Å². The van der Waals surface area contributed by atoms with Crippen molar-refractivity contribution in [1.29, 1.82) is 0 Å². The summed E-state index contributed by atoms with van der Waals surface area (Å²) in [5.74, 6) is -0.221. The Kier molecular flexibility index (Phi) is 4.93. The first-order valence-corrected chi connectivity index (χ1v) is 11.7. The van der Waals surface area contributed by atoms with Crippen molar-refractivity contribution in [2.75, 3.05) is 26.2 Å². The van der Waals surface area contributed by atoms with Gasteiger partial charge >= 0.3 is 5.97 Å². The van der Waals surface area contributed by atoms with Crippen LogP contribution in [0.5, 0.6) is 0 Å². The number of amides is 1. The van der Waals surface area contributed by atoms with Gasteiger partial charge in [0, 0.05) is 31.6 Å². The molecule has 1 amide bonds. The molecule has 2 atom stereocenters. The Balaban J connectivity index is 1.36. The van der Waals surface area contributed by atoms with Crippen LogP contribution < -0.4 is 0 Å². The minimum atomic E-state index is -1.01. The lowest BCUT2D eigenvalue weighted by molar-refractivity contribution is -0.175. The monoisotopic (exact) mass is 432 g/mol. The molecular formula is C27H32N2O3. The van der Waals surface area contributed by atoms with Crippen LogP contribution in [0.2, 0.25) is 0 Å². The Morgan fingerprint density at radius 2 is 1.38 bits per heavy atom. The highest BCUT2D eigenvalue weighted by Crippen LogP contribution is 2.66. The number of carbonyl (C=O) groups is 2. The van der Waals surface area contributed by atoms with E-state index in [2.05, 4.69) is 53.4 Å². The molecule has 0 aromatic heterocycles. The summed E-state index contributed by atoms with van der Waals surface area (Å²) >= 11 is 0. The Bertz CT molecular complexity index is 974. The molecule has 1 aliphatic carbocycles. The van der Waals surface area contributed by atoms with Crippen LogP contribution in [0, 0.1) is 10.8 Å². The maximum atomic E-state index is 13.7. The second-order valence-corrected chi connectivity index (χ2v) is 10.2. The Morgan fingerprint density at radius 1 is 0.844 bits per heavy atom. The van der Waals surface area contributed by atoms with Gasteiger partial charge in [-0.15, -0.1) is 0 Å². The summed E-state index contributed by atoms with van der Waals surface area (Å²) in [5, 5.41) is 0. The lowest BCUT2D eigenvalue weighted by Crippen LogP contribution is -2.59. The minimum Gasteiger partial charge on any atom is -0.448 e. The summed E-state index contributed by atoms with van der Waals surface area (Å²) in [7, 11) is 0. The van der Waals surface area contributed by atoms with Gasteiger partial charge in [-0.1, -0.05) is 74.5 Å². The Hall–Kier alpha value is -2.66. The van der Waals surface area contributed by atoms with Crippen LogP contribution in [-0.2, 0) is 14.3 Å². The van der Waals surface area contributed by atoms with E-state index in [0.29, 0.717) is 25.9 Å². The molecule has 0 radical (unpaired) electrons. The quantitative estimate of drug-likeness (QED) is 0.684. The number of fused-ring (bicyclic) bond motifs is 2. The Morgan fingerprint density at radius 3 is 1.81 bits per heavy atom. The molecule has 0 N–H and O–H groups in total. The molecule has 2 bridgehead atoms. The fourth-order valence-corrected chi connectivity index (χ4v) is 6.04. The average molecular weight is 433 g/mol. The van der Waals surface area contributed by atoms with E-state index in [9.17, 15) is 9.59 Å². The van der Waals surface area contributed by atoms with E-state index in [1.54, 1.807) is 0 Å². The maximum absolute atomic E-state index is 13.7. The van der Waals surface area contributed by atoms with Crippen molar-refractivity contribution in [2.24, 2.45) is 10.8 Å². The number of benzene rings is 2. The lowest BCUT2D eigenvalue weighted by Gasteiger charge is -2.44. The number of hydrogen-bond donors (Lipinski definition) is 0. The molecule has 5 heteroatoms. The number of nitrogens with zero attached hydrogens (tertiary/aromatic N) is 2. The third-order valence-corrected chi connectivity index (χ3v) is 8.63. The molecule has 32 heavy (non-hydrogen) atoms. The van der Waals surface area contributed by atoms with Gasteiger partial charge < -0.3 is 9.64 Å². The second-order valence-electron chi connectivity index (χ2n) is 10.2. The fraction of sp³-hybridized carbons (Fsp3) is 0.481. The first-order valence-electron chi connectivity index (χ1n) is 11.7. The highest BCUT2D eigenvalue weighted by atomic mass is 16.6. The predicted octanol–water partition coefficient (Wildman–Crippen LogP) is 4.04. The molecule has 1 saturated carbocycles. The molecule has 2 aliphatic heterocycles. The van der Waals surface area contributed by atoms with Gasteiger partial charge in [0.1, 0.15) is 0 Å². The third-order valence-electron chi connectivity index (χ3n) is 8.63. The molecule has 3 fully saturated rings. The summed E-state index contributed by atoms with van der Waals surface area (Å²) in [6.07, 6.45) is 1.34. The smallest absolute Gasteiger partial charge is 0.313 e. The van der Waals surface area contributed by atoms with E-state index in [0.717, 1.165) is 13.1 Å². The number of carbonyl (C=O) groups excluding carboxylic acids is 2. The topological polar surface area (TPSA) is 49.9 Å². The number of hydrogen-bond acceptors (Lipinski definition) is 4. The first-order chi connectivity index (χ1) is 15.3. The van der Waals surface area contributed by atoms with E-state index in [4.69, 9.17) is 4.74 Å². The molecule has 2 heterocycles. The molecular weight excluding hydrogens is 400 g/mol. The van der Waals surface area contributed by atoms with Crippen molar-refractivity contribution >= 4 is 11.9 Å². The van der Waals surface area contributed by atoms with Gasteiger partial charge in [-0.2, -0.15) is 0 Å². The van der Waals surface area contributed by atoms with E-state index in [1.165, 1.54) is 11.1 Å². The summed E-state index contributed by atoms with van der Waals surface area (Å²) < 4.78 is 5.85. The van der Waals surface area contributed by atoms with Gasteiger partial charge in [-0.3, -0.25) is 14.5 Å². The minimum absolute atomic E-state index is 0.00676. The van der Waals surface area contributed by atoms with Crippen molar-refractivity contribution in [3.8, 4) is 0 Å². The zero-order valence-corrected chi connectivity index (χ0v) is 19.2. The molecule has 5 nitrogen and oxygen atoms in total. The van der Waals surface area contributed by atoms with Crippen LogP contribution >= 0.6 is 0 Å². The van der Waals surface area contributed by atoms with Gasteiger partial charge in [-0.05, 0) is 30.9 Å². The second kappa shape index (κ2) is 7.45. The number of piperazine rings is 1. The van der Waals surface area contributed by atoms with Gasteiger partial charge in [0.25, 0.3) is 5.91 Å². The van der Waals surface area contributed by atoms with E-state index >= 15 is 0 Å². The molecule has 3 aliphatic rings. The third kappa shape index (κ3) is 2.87. The Labute approximate surface area is 190 Å². The van der Waals surface area contributed by atoms with Gasteiger partial charge in [0.05, 0.1) is 11.5 Å². The van der Waals surface area contributed by atoms with Crippen molar-refractivity contribution in [3.63, 3.8) is 0 Å². The number of ether oxygens (including phenoxy) is 1. The van der Waals surface area contributed by atoms with E-state index in [-0.39, 0.29) is 17.9 Å². The van der Waals surface area contributed by atoms with E-state index < -0.39 is 16.4 Å². The van der Waals surface area contributed by atoms with Crippen LogP contribution in [-0.4, -0.2) is 53.5 Å². The fourth-order valence-electron chi connectivity index (χ4n) is 6.04. The van der Waals surface area contributed by atoms with Crippen LogP contribution in [0.4, 0.5) is 0 Å². The maximum Gasteiger partial charge on any atom is 0.313 e. The predicted molar refractivity (Wildman–Crippen MR) is 123 cm³/mol. The zero-order chi connectivity index (χ0) is 22.6. The van der Waals surface area contributed by atoms with Crippen molar-refractivity contribution in [3.05, 3.63) is 71.8 Å².